The van der Waals surface area contributed by atoms with Gasteiger partial charge in [0, 0.05) is 37.1 Å². The summed E-state index contributed by atoms with van der Waals surface area (Å²) >= 11 is 0. The van der Waals surface area contributed by atoms with Gasteiger partial charge in [0.05, 0.1) is 12.1 Å². The molecule has 0 saturated carbocycles. The molecular formula is C20H20FN3O3. The third kappa shape index (κ3) is 4.61. The predicted octanol–water partition coefficient (Wildman–Crippen LogP) is 2.90. The molecule has 1 unspecified atom stereocenters. The van der Waals surface area contributed by atoms with Gasteiger partial charge in [-0.25, -0.2) is 9.37 Å². The number of benzene rings is 1. The summed E-state index contributed by atoms with van der Waals surface area (Å²) in [5.41, 5.74) is 1.46. The number of aliphatic hydroxyl groups is 2. The van der Waals surface area contributed by atoms with E-state index in [2.05, 4.69) is 22.0 Å². The van der Waals surface area contributed by atoms with Gasteiger partial charge in [-0.15, -0.1) is 0 Å². The van der Waals surface area contributed by atoms with Crippen molar-refractivity contribution in [3.05, 3.63) is 59.6 Å². The summed E-state index contributed by atoms with van der Waals surface area (Å²) < 4.78 is 21.5. The number of rotatable bonds is 6. The first-order valence-electron chi connectivity index (χ1n) is 8.63. The van der Waals surface area contributed by atoms with Crippen LogP contribution in [0.5, 0.6) is 0 Å². The average Bonchev–Trinajstić information content (AvgIpc) is 3.29. The molecular weight excluding hydrogens is 349 g/mol. The van der Waals surface area contributed by atoms with Crippen LogP contribution in [0.15, 0.2) is 41.2 Å². The van der Waals surface area contributed by atoms with Gasteiger partial charge in [0.25, 0.3) is 0 Å². The van der Waals surface area contributed by atoms with Crippen LogP contribution in [-0.2, 0) is 6.54 Å². The van der Waals surface area contributed by atoms with Crippen LogP contribution in [0.3, 0.4) is 0 Å². The van der Waals surface area contributed by atoms with Gasteiger partial charge in [0.2, 0.25) is 0 Å². The quantitative estimate of drug-likeness (QED) is 0.516. The minimum Gasteiger partial charge on any atom is -0.396 e. The predicted molar refractivity (Wildman–Crippen MR) is 97.1 cm³/mol. The smallest absolute Gasteiger partial charge is 0.170 e. The topological polar surface area (TPSA) is 84.3 Å². The molecule has 0 amide bonds. The van der Waals surface area contributed by atoms with Crippen molar-refractivity contribution in [2.75, 3.05) is 6.61 Å². The van der Waals surface area contributed by atoms with Crippen LogP contribution in [0.1, 0.15) is 43.0 Å². The van der Waals surface area contributed by atoms with E-state index >= 15 is 0 Å². The van der Waals surface area contributed by atoms with Crippen LogP contribution >= 0.6 is 0 Å². The van der Waals surface area contributed by atoms with E-state index in [1.165, 1.54) is 6.07 Å². The monoisotopic (exact) mass is 369 g/mol. The molecule has 6 nitrogen and oxygen atoms in total. The molecule has 0 fully saturated rings. The molecule has 0 aliphatic rings. The summed E-state index contributed by atoms with van der Waals surface area (Å²) in [6.07, 6.45) is 3.80. The molecule has 3 aromatic rings. The number of nitrogens with zero attached hydrogens (tertiary/aromatic N) is 3. The number of unbranched alkanes of at least 4 members (excludes halogenated alkanes) is 1. The zero-order valence-corrected chi connectivity index (χ0v) is 14.9. The molecule has 140 valence electrons. The normalized spacial score (nSPS) is 11.9. The van der Waals surface area contributed by atoms with Gasteiger partial charge in [-0.1, -0.05) is 17.0 Å². The lowest BCUT2D eigenvalue weighted by molar-refractivity contribution is 0.184. The molecule has 0 spiro atoms. The summed E-state index contributed by atoms with van der Waals surface area (Å²) in [5, 5.41) is 22.4. The lowest BCUT2D eigenvalue weighted by Gasteiger charge is -2.07. The zero-order chi connectivity index (χ0) is 19.2. The van der Waals surface area contributed by atoms with E-state index in [1.807, 2.05) is 0 Å². The first kappa shape index (κ1) is 18.8. The molecule has 7 heteroatoms. The van der Waals surface area contributed by atoms with Crippen LogP contribution in [0, 0.1) is 17.7 Å². The second-order valence-electron chi connectivity index (χ2n) is 6.10. The second-order valence-corrected chi connectivity index (χ2v) is 6.10. The van der Waals surface area contributed by atoms with Gasteiger partial charge in [0.1, 0.15) is 23.4 Å². The van der Waals surface area contributed by atoms with E-state index in [0.29, 0.717) is 47.8 Å². The van der Waals surface area contributed by atoms with Crippen molar-refractivity contribution < 1.29 is 19.1 Å². The summed E-state index contributed by atoms with van der Waals surface area (Å²) in [6.45, 7) is 2.09. The van der Waals surface area contributed by atoms with Crippen molar-refractivity contribution >= 4 is 0 Å². The Balaban J connectivity index is 1.75. The Morgan fingerprint density at radius 3 is 2.93 bits per heavy atom. The minimum absolute atomic E-state index is 0.0909. The number of aliphatic hydroxyl groups excluding tert-OH is 2. The zero-order valence-electron chi connectivity index (χ0n) is 14.9. The molecule has 0 radical (unpaired) electrons. The SMILES string of the molecule is CC(O)c1nccn1Cc1cc(-c2ccc(C#CCCCO)cc2F)on1. The fraction of sp³-hybridized carbons (Fsp3) is 0.300. The van der Waals surface area contributed by atoms with Crippen molar-refractivity contribution in [2.45, 2.75) is 32.4 Å². The van der Waals surface area contributed by atoms with Crippen LogP contribution in [0.25, 0.3) is 11.3 Å². The van der Waals surface area contributed by atoms with Crippen LogP contribution in [-0.4, -0.2) is 31.5 Å². The van der Waals surface area contributed by atoms with Crippen molar-refractivity contribution in [1.29, 1.82) is 0 Å². The number of aromatic nitrogens is 3. The molecule has 2 N–H and O–H groups in total. The van der Waals surface area contributed by atoms with Crippen LogP contribution in [0.4, 0.5) is 4.39 Å². The number of imidazole rings is 1. The molecule has 2 heterocycles. The van der Waals surface area contributed by atoms with E-state index in [9.17, 15) is 9.50 Å². The lowest BCUT2D eigenvalue weighted by atomic mass is 10.1. The highest BCUT2D eigenvalue weighted by Gasteiger charge is 2.14. The van der Waals surface area contributed by atoms with Crippen molar-refractivity contribution in [2.24, 2.45) is 0 Å². The van der Waals surface area contributed by atoms with E-state index in [4.69, 9.17) is 9.63 Å². The first-order valence-corrected chi connectivity index (χ1v) is 8.63. The average molecular weight is 369 g/mol. The Hall–Kier alpha value is -2.95. The van der Waals surface area contributed by atoms with E-state index in [1.54, 1.807) is 42.1 Å². The Morgan fingerprint density at radius 1 is 1.33 bits per heavy atom. The number of halogens is 1. The third-order valence-corrected chi connectivity index (χ3v) is 3.94. The Bertz CT molecular complexity index is 966. The maximum absolute atomic E-state index is 14.4. The highest BCUT2D eigenvalue weighted by atomic mass is 19.1. The molecule has 0 aliphatic heterocycles. The number of hydrogen-bond donors (Lipinski definition) is 2. The molecule has 0 aliphatic carbocycles. The van der Waals surface area contributed by atoms with Crippen molar-refractivity contribution in [3.63, 3.8) is 0 Å². The fourth-order valence-corrected chi connectivity index (χ4v) is 2.63. The Labute approximate surface area is 156 Å². The molecule has 27 heavy (non-hydrogen) atoms. The lowest BCUT2D eigenvalue weighted by Crippen LogP contribution is -2.07. The summed E-state index contributed by atoms with van der Waals surface area (Å²) in [7, 11) is 0. The first-order chi connectivity index (χ1) is 13.1. The van der Waals surface area contributed by atoms with Crippen molar-refractivity contribution in [1.82, 2.24) is 14.7 Å². The van der Waals surface area contributed by atoms with Gasteiger partial charge in [-0.2, -0.15) is 0 Å². The van der Waals surface area contributed by atoms with E-state index in [0.717, 1.165) is 0 Å². The molecule has 2 aromatic heterocycles. The van der Waals surface area contributed by atoms with E-state index in [-0.39, 0.29) is 6.61 Å². The van der Waals surface area contributed by atoms with Crippen molar-refractivity contribution in [3.8, 4) is 23.2 Å². The van der Waals surface area contributed by atoms with Gasteiger partial charge < -0.3 is 19.3 Å². The highest BCUT2D eigenvalue weighted by molar-refractivity contribution is 5.60. The Kier molecular flexibility index (Phi) is 6.01. The van der Waals surface area contributed by atoms with E-state index < -0.39 is 11.9 Å². The second kappa shape index (κ2) is 8.62. The molecule has 1 atom stereocenters. The van der Waals surface area contributed by atoms with Crippen LogP contribution < -0.4 is 0 Å². The summed E-state index contributed by atoms with van der Waals surface area (Å²) in [4.78, 5) is 4.10. The van der Waals surface area contributed by atoms with Gasteiger partial charge in [-0.3, -0.25) is 0 Å². The van der Waals surface area contributed by atoms with Gasteiger partial charge >= 0.3 is 0 Å². The number of hydrogen-bond acceptors (Lipinski definition) is 5. The fourth-order valence-electron chi connectivity index (χ4n) is 2.63. The standard InChI is InChI=1S/C20H20FN3O3/c1-14(26)20-22-8-9-24(20)13-16-12-19(27-23-16)17-7-6-15(11-18(17)21)5-3-2-4-10-25/h6-9,11-12,14,25-26H,2,4,10,13H2,1H3. The third-order valence-electron chi connectivity index (χ3n) is 3.94. The minimum atomic E-state index is -0.699. The molecule has 0 bridgehead atoms. The largest absolute Gasteiger partial charge is 0.396 e. The molecule has 0 saturated heterocycles. The maximum Gasteiger partial charge on any atom is 0.170 e. The molecule has 3 rings (SSSR count). The summed E-state index contributed by atoms with van der Waals surface area (Å²) in [6, 6.07) is 6.34. The van der Waals surface area contributed by atoms with Gasteiger partial charge in [0.15, 0.2) is 5.76 Å². The molecule has 1 aromatic carbocycles. The summed E-state index contributed by atoms with van der Waals surface area (Å²) in [5.74, 6) is 6.16. The highest BCUT2D eigenvalue weighted by Crippen LogP contribution is 2.25. The Morgan fingerprint density at radius 2 is 2.19 bits per heavy atom. The van der Waals surface area contributed by atoms with Crippen LogP contribution in [0.2, 0.25) is 0 Å². The maximum atomic E-state index is 14.4. The van der Waals surface area contributed by atoms with Gasteiger partial charge in [-0.05, 0) is 31.5 Å².